The molecule has 1 aliphatic heterocycles. The van der Waals surface area contributed by atoms with Crippen LogP contribution in [0.15, 0.2) is 55.4 Å². The van der Waals surface area contributed by atoms with Crippen LogP contribution in [-0.2, 0) is 9.47 Å². The third kappa shape index (κ3) is 4.69. The lowest BCUT2D eigenvalue weighted by Crippen LogP contribution is -1.74. The van der Waals surface area contributed by atoms with Gasteiger partial charge in [-0.25, -0.2) is 0 Å². The molecule has 2 nitrogen and oxygen atoms in total. The first kappa shape index (κ1) is 9.39. The molecule has 13 heavy (non-hydrogen) atoms. The summed E-state index contributed by atoms with van der Waals surface area (Å²) in [5.41, 5.74) is 1.32. The van der Waals surface area contributed by atoms with E-state index in [1.807, 2.05) is 18.2 Å². The topological polar surface area (TPSA) is 18.5 Å². The molecule has 0 bridgehead atoms. The van der Waals surface area contributed by atoms with Gasteiger partial charge in [-0.3, -0.25) is 0 Å². The molecule has 0 aromatic heterocycles. The second kappa shape index (κ2) is 5.89. The largest absolute Gasteiger partial charge is 0.466 e. The van der Waals surface area contributed by atoms with Crippen LogP contribution >= 0.6 is 0 Å². The molecule has 68 valence electrons. The third-order valence-corrected chi connectivity index (χ3v) is 1.37. The fraction of sp³-hybridized carbons (Fsp3) is 0.0909. The average Bonchev–Trinajstić information content (AvgIpc) is 2.22. The van der Waals surface area contributed by atoms with Gasteiger partial charge in [-0.2, -0.15) is 0 Å². The van der Waals surface area contributed by atoms with Crippen molar-refractivity contribution in [2.45, 2.75) is 6.92 Å². The molecule has 1 heterocycles. The summed E-state index contributed by atoms with van der Waals surface area (Å²) in [7, 11) is 0. The Morgan fingerprint density at radius 1 is 0.769 bits per heavy atom. The van der Waals surface area contributed by atoms with Crippen LogP contribution in [0.25, 0.3) is 0 Å². The minimum Gasteiger partial charge on any atom is -0.466 e. The number of ether oxygens (including phenoxy) is 2. The van der Waals surface area contributed by atoms with Crippen molar-refractivity contribution in [3.63, 3.8) is 0 Å². The molecule has 0 amide bonds. The highest BCUT2D eigenvalue weighted by molar-refractivity contribution is 5.11. The van der Waals surface area contributed by atoms with Crippen LogP contribution in [0.5, 0.6) is 0 Å². The Labute approximate surface area is 78.1 Å². The summed E-state index contributed by atoms with van der Waals surface area (Å²) in [6, 6.07) is 10.3. The molecule has 2 heteroatoms. The first-order valence-corrected chi connectivity index (χ1v) is 4.02. The number of hydrogen-bond acceptors (Lipinski definition) is 2. The minimum atomic E-state index is 1.32. The van der Waals surface area contributed by atoms with Gasteiger partial charge in [0.2, 0.25) is 0 Å². The molecule has 0 unspecified atom stereocenters. The number of rotatable bonds is 0. The summed E-state index contributed by atoms with van der Waals surface area (Å²) in [5.74, 6) is 0. The van der Waals surface area contributed by atoms with Crippen molar-refractivity contribution >= 4 is 0 Å². The summed E-state index contributed by atoms with van der Waals surface area (Å²) in [6.45, 7) is 2.08. The van der Waals surface area contributed by atoms with E-state index in [4.69, 9.17) is 0 Å². The van der Waals surface area contributed by atoms with Crippen molar-refractivity contribution in [1.29, 1.82) is 0 Å². The Bertz CT molecular complexity index is 255. The second-order valence-corrected chi connectivity index (χ2v) is 2.47. The minimum absolute atomic E-state index is 1.32. The molecule has 1 aromatic rings. The molecule has 0 N–H and O–H groups in total. The highest BCUT2D eigenvalue weighted by Gasteiger charge is 1.74. The SMILES string of the molecule is C1=COC=CO1.Cc1ccccc1. The molecule has 1 aliphatic rings. The predicted molar refractivity (Wildman–Crippen MR) is 51.6 cm³/mol. The van der Waals surface area contributed by atoms with Gasteiger partial charge in [-0.05, 0) is 6.92 Å². The van der Waals surface area contributed by atoms with E-state index in [1.54, 1.807) is 0 Å². The zero-order valence-corrected chi connectivity index (χ0v) is 7.51. The molecular weight excluding hydrogens is 164 g/mol. The normalized spacial score (nSPS) is 12.1. The van der Waals surface area contributed by atoms with Crippen LogP contribution in [0.4, 0.5) is 0 Å². The molecule has 2 rings (SSSR count). The summed E-state index contributed by atoms with van der Waals surface area (Å²) in [6.07, 6.45) is 5.83. The summed E-state index contributed by atoms with van der Waals surface area (Å²) < 4.78 is 9.17. The maximum absolute atomic E-state index is 4.58. The zero-order chi connectivity index (χ0) is 9.36. The van der Waals surface area contributed by atoms with Gasteiger partial charge >= 0.3 is 0 Å². The fourth-order valence-electron chi connectivity index (χ4n) is 0.753. The lowest BCUT2D eigenvalue weighted by molar-refractivity contribution is 0.290. The van der Waals surface area contributed by atoms with Gasteiger partial charge in [0.1, 0.15) is 25.0 Å². The molecule has 1 aromatic carbocycles. The van der Waals surface area contributed by atoms with Crippen molar-refractivity contribution in [1.82, 2.24) is 0 Å². The Hall–Kier alpha value is -1.70. The first-order valence-electron chi connectivity index (χ1n) is 4.02. The maximum atomic E-state index is 4.58. The van der Waals surface area contributed by atoms with Gasteiger partial charge in [0.05, 0.1) is 0 Å². The predicted octanol–water partition coefficient (Wildman–Crippen LogP) is 2.97. The van der Waals surface area contributed by atoms with E-state index in [-0.39, 0.29) is 0 Å². The second-order valence-electron chi connectivity index (χ2n) is 2.47. The van der Waals surface area contributed by atoms with Crippen LogP contribution in [0.2, 0.25) is 0 Å². The third-order valence-electron chi connectivity index (χ3n) is 1.37. The Morgan fingerprint density at radius 2 is 1.23 bits per heavy atom. The van der Waals surface area contributed by atoms with Gasteiger partial charge in [0.25, 0.3) is 0 Å². The van der Waals surface area contributed by atoms with Crippen LogP contribution < -0.4 is 0 Å². The molecule has 0 radical (unpaired) electrons. The van der Waals surface area contributed by atoms with Gasteiger partial charge in [0, 0.05) is 0 Å². The average molecular weight is 176 g/mol. The smallest absolute Gasteiger partial charge is 0.125 e. The van der Waals surface area contributed by atoms with E-state index >= 15 is 0 Å². The summed E-state index contributed by atoms with van der Waals surface area (Å²) in [4.78, 5) is 0. The highest BCUT2D eigenvalue weighted by atomic mass is 16.5. The van der Waals surface area contributed by atoms with Crippen LogP contribution in [0.1, 0.15) is 5.56 Å². The van der Waals surface area contributed by atoms with E-state index in [0.717, 1.165) is 0 Å². The first-order chi connectivity index (χ1) is 6.39. The van der Waals surface area contributed by atoms with Gasteiger partial charge in [-0.1, -0.05) is 35.9 Å². The van der Waals surface area contributed by atoms with Gasteiger partial charge in [0.15, 0.2) is 0 Å². The number of benzene rings is 1. The summed E-state index contributed by atoms with van der Waals surface area (Å²) in [5, 5.41) is 0. The Balaban J connectivity index is 0.000000132. The molecule has 0 atom stereocenters. The number of hydrogen-bond donors (Lipinski definition) is 0. The monoisotopic (exact) mass is 176 g/mol. The number of aryl methyl sites for hydroxylation is 1. The van der Waals surface area contributed by atoms with Gasteiger partial charge in [-0.15, -0.1) is 0 Å². The summed E-state index contributed by atoms with van der Waals surface area (Å²) >= 11 is 0. The van der Waals surface area contributed by atoms with Crippen LogP contribution in [-0.4, -0.2) is 0 Å². The Kier molecular flexibility index (Phi) is 4.25. The molecule has 0 aliphatic carbocycles. The molecule has 0 saturated heterocycles. The van der Waals surface area contributed by atoms with Crippen molar-refractivity contribution in [2.24, 2.45) is 0 Å². The lowest BCUT2D eigenvalue weighted by Gasteiger charge is -1.94. The van der Waals surface area contributed by atoms with Crippen molar-refractivity contribution in [2.75, 3.05) is 0 Å². The van der Waals surface area contributed by atoms with E-state index in [9.17, 15) is 0 Å². The van der Waals surface area contributed by atoms with Crippen molar-refractivity contribution in [3.8, 4) is 0 Å². The molecular formula is C11H12O2. The molecule has 0 spiro atoms. The standard InChI is InChI=1S/C7H8.C4H4O2/c1-7-5-3-2-4-6-7;1-2-6-4-3-5-1/h2-6H,1H3;1-4H. The van der Waals surface area contributed by atoms with E-state index in [0.29, 0.717) is 0 Å². The highest BCUT2D eigenvalue weighted by Crippen LogP contribution is 1.92. The van der Waals surface area contributed by atoms with E-state index in [1.165, 1.54) is 30.6 Å². The van der Waals surface area contributed by atoms with E-state index < -0.39 is 0 Å². The quantitative estimate of drug-likeness (QED) is 0.605. The van der Waals surface area contributed by atoms with Crippen LogP contribution in [0, 0.1) is 6.92 Å². The molecule has 0 fully saturated rings. The lowest BCUT2D eigenvalue weighted by atomic mass is 10.2. The van der Waals surface area contributed by atoms with E-state index in [2.05, 4.69) is 28.5 Å². The Morgan fingerprint density at radius 3 is 1.46 bits per heavy atom. The fourth-order valence-corrected chi connectivity index (χ4v) is 0.753. The van der Waals surface area contributed by atoms with Crippen molar-refractivity contribution < 1.29 is 9.47 Å². The molecule has 0 saturated carbocycles. The van der Waals surface area contributed by atoms with Gasteiger partial charge < -0.3 is 9.47 Å². The maximum Gasteiger partial charge on any atom is 0.125 e. The zero-order valence-electron chi connectivity index (χ0n) is 7.51. The van der Waals surface area contributed by atoms with Crippen LogP contribution in [0.3, 0.4) is 0 Å². The van der Waals surface area contributed by atoms with Crippen molar-refractivity contribution in [3.05, 3.63) is 60.9 Å².